The zero-order valence-corrected chi connectivity index (χ0v) is 21.2. The van der Waals surface area contributed by atoms with Gasteiger partial charge in [-0.1, -0.05) is 0 Å². The highest BCUT2D eigenvalue weighted by atomic mass is 19.4. The molecule has 3 amide bonds. The lowest BCUT2D eigenvalue weighted by molar-refractivity contribution is -0.137. The van der Waals surface area contributed by atoms with Crippen molar-refractivity contribution in [2.45, 2.75) is 38.9 Å². The van der Waals surface area contributed by atoms with Crippen molar-refractivity contribution in [3.63, 3.8) is 0 Å². The summed E-state index contributed by atoms with van der Waals surface area (Å²) in [5.41, 5.74) is -0.240. The molecule has 7 nitrogen and oxygen atoms in total. The Labute approximate surface area is 214 Å². The molecule has 1 unspecified atom stereocenters. The number of carbonyl (C=O) groups excluding carboxylic acids is 3. The van der Waals surface area contributed by atoms with Gasteiger partial charge in [0.1, 0.15) is 11.8 Å². The molecule has 0 saturated carbocycles. The fourth-order valence-corrected chi connectivity index (χ4v) is 4.50. The van der Waals surface area contributed by atoms with Gasteiger partial charge in [-0.3, -0.25) is 14.4 Å². The van der Waals surface area contributed by atoms with Gasteiger partial charge in [0.05, 0.1) is 12.7 Å². The second-order valence-electron chi connectivity index (χ2n) is 8.89. The number of amides is 3. The zero-order chi connectivity index (χ0) is 27.2. The standard InChI is InChI=1S/C27H32F3N3O4/c1-4-32(5-2)26(36)23(31-24(34)19-8-12-22(37-3)13-9-19)18-14-16-33(17-15-18)25(35)20-6-10-21(11-7-20)27(28,29)30/h6-13,18,23H,4-5,14-17H2,1-3H3,(H,31,34). The Balaban J connectivity index is 1.71. The highest BCUT2D eigenvalue weighted by molar-refractivity contribution is 5.98. The van der Waals surface area contributed by atoms with Gasteiger partial charge in [-0.05, 0) is 81.1 Å². The zero-order valence-electron chi connectivity index (χ0n) is 21.2. The summed E-state index contributed by atoms with van der Waals surface area (Å²) in [7, 11) is 1.53. The molecule has 0 spiro atoms. The summed E-state index contributed by atoms with van der Waals surface area (Å²) in [6.07, 6.45) is -3.54. The predicted molar refractivity (Wildman–Crippen MR) is 132 cm³/mol. The molecule has 1 fully saturated rings. The third-order valence-electron chi connectivity index (χ3n) is 6.74. The van der Waals surface area contributed by atoms with E-state index in [1.165, 1.54) is 19.2 Å². The highest BCUT2D eigenvalue weighted by Crippen LogP contribution is 2.30. The average molecular weight is 520 g/mol. The largest absolute Gasteiger partial charge is 0.497 e. The van der Waals surface area contributed by atoms with Crippen LogP contribution in [0.25, 0.3) is 0 Å². The molecule has 200 valence electrons. The maximum atomic E-state index is 13.3. The summed E-state index contributed by atoms with van der Waals surface area (Å²) < 4.78 is 43.6. The number of carbonyl (C=O) groups is 3. The lowest BCUT2D eigenvalue weighted by Crippen LogP contribution is -2.54. The Kier molecular flexibility index (Phi) is 9.18. The molecule has 2 aromatic rings. The molecule has 1 saturated heterocycles. The monoisotopic (exact) mass is 519 g/mol. The first kappa shape index (κ1) is 28.0. The molecule has 3 rings (SSSR count). The van der Waals surface area contributed by atoms with Gasteiger partial charge in [0.2, 0.25) is 5.91 Å². The molecular formula is C27H32F3N3O4. The minimum Gasteiger partial charge on any atom is -0.497 e. The molecular weight excluding hydrogens is 487 g/mol. The quantitative estimate of drug-likeness (QED) is 0.566. The number of alkyl halides is 3. The summed E-state index contributed by atoms with van der Waals surface area (Å²) >= 11 is 0. The number of nitrogens with one attached hydrogen (secondary N) is 1. The molecule has 0 aliphatic carbocycles. The van der Waals surface area contributed by atoms with E-state index >= 15 is 0 Å². The Hall–Kier alpha value is -3.56. The van der Waals surface area contributed by atoms with Crippen molar-refractivity contribution in [1.82, 2.24) is 15.1 Å². The van der Waals surface area contributed by atoms with Gasteiger partial charge in [0.15, 0.2) is 0 Å². The molecule has 1 atom stereocenters. The number of halogens is 3. The predicted octanol–water partition coefficient (Wildman–Crippen LogP) is 4.23. The number of ether oxygens (including phenoxy) is 1. The van der Waals surface area contributed by atoms with Crippen LogP contribution in [0.15, 0.2) is 48.5 Å². The van der Waals surface area contributed by atoms with Crippen LogP contribution < -0.4 is 10.1 Å². The van der Waals surface area contributed by atoms with Gasteiger partial charge in [-0.2, -0.15) is 13.2 Å². The summed E-state index contributed by atoms with van der Waals surface area (Å²) in [6.45, 7) is 5.38. The van der Waals surface area contributed by atoms with Crippen LogP contribution in [-0.2, 0) is 11.0 Å². The van der Waals surface area contributed by atoms with Crippen LogP contribution in [0.1, 0.15) is 53.0 Å². The second-order valence-corrected chi connectivity index (χ2v) is 8.89. The molecule has 2 aromatic carbocycles. The topological polar surface area (TPSA) is 79.0 Å². The number of likely N-dealkylation sites (tertiary alicyclic amines) is 1. The van der Waals surface area contributed by atoms with Crippen LogP contribution in [0.5, 0.6) is 5.75 Å². The maximum Gasteiger partial charge on any atom is 0.416 e. The van der Waals surface area contributed by atoms with Gasteiger partial charge < -0.3 is 19.9 Å². The first-order valence-corrected chi connectivity index (χ1v) is 12.3. The van der Waals surface area contributed by atoms with E-state index < -0.39 is 17.8 Å². The fourth-order valence-electron chi connectivity index (χ4n) is 4.50. The molecule has 1 aliphatic heterocycles. The van der Waals surface area contributed by atoms with Crippen molar-refractivity contribution in [3.05, 3.63) is 65.2 Å². The lowest BCUT2D eigenvalue weighted by atomic mass is 9.87. The normalized spacial score (nSPS) is 15.1. The van der Waals surface area contributed by atoms with E-state index in [1.54, 1.807) is 34.1 Å². The lowest BCUT2D eigenvalue weighted by Gasteiger charge is -2.37. The molecule has 0 aromatic heterocycles. The fraction of sp³-hybridized carbons (Fsp3) is 0.444. The number of methoxy groups -OCH3 is 1. The van der Waals surface area contributed by atoms with E-state index in [0.717, 1.165) is 12.1 Å². The van der Waals surface area contributed by atoms with E-state index in [1.807, 2.05) is 13.8 Å². The summed E-state index contributed by atoms with van der Waals surface area (Å²) in [4.78, 5) is 42.4. The smallest absolute Gasteiger partial charge is 0.416 e. The number of hydrogen-bond donors (Lipinski definition) is 1. The van der Waals surface area contributed by atoms with Crippen molar-refractivity contribution in [2.24, 2.45) is 5.92 Å². The van der Waals surface area contributed by atoms with Gasteiger partial charge >= 0.3 is 6.18 Å². The van der Waals surface area contributed by atoms with Crippen LogP contribution in [0.4, 0.5) is 13.2 Å². The third-order valence-corrected chi connectivity index (χ3v) is 6.74. The Morgan fingerprint density at radius 2 is 1.51 bits per heavy atom. The van der Waals surface area contributed by atoms with Crippen LogP contribution in [0, 0.1) is 5.92 Å². The van der Waals surface area contributed by atoms with Crippen molar-refractivity contribution in [3.8, 4) is 5.75 Å². The summed E-state index contributed by atoms with van der Waals surface area (Å²) in [5.74, 6) is -0.513. The third kappa shape index (κ3) is 6.81. The van der Waals surface area contributed by atoms with Crippen LogP contribution in [-0.4, -0.2) is 66.9 Å². The Morgan fingerprint density at radius 3 is 2.00 bits per heavy atom. The Bertz CT molecular complexity index is 1080. The van der Waals surface area contributed by atoms with E-state index in [2.05, 4.69) is 5.32 Å². The van der Waals surface area contributed by atoms with Crippen molar-refractivity contribution in [1.29, 1.82) is 0 Å². The summed E-state index contributed by atoms with van der Waals surface area (Å²) in [6, 6.07) is 9.97. The number of nitrogens with zero attached hydrogens (tertiary/aromatic N) is 2. The molecule has 0 radical (unpaired) electrons. The maximum absolute atomic E-state index is 13.3. The SMILES string of the molecule is CCN(CC)C(=O)C(NC(=O)c1ccc(OC)cc1)C1CCN(C(=O)c2ccc(C(F)(F)F)cc2)CC1. The Morgan fingerprint density at radius 1 is 0.973 bits per heavy atom. The molecule has 37 heavy (non-hydrogen) atoms. The molecule has 1 heterocycles. The van der Waals surface area contributed by atoms with E-state index in [0.29, 0.717) is 50.3 Å². The first-order valence-electron chi connectivity index (χ1n) is 12.3. The van der Waals surface area contributed by atoms with Gasteiger partial charge in [-0.15, -0.1) is 0 Å². The van der Waals surface area contributed by atoms with Crippen LogP contribution in [0.2, 0.25) is 0 Å². The van der Waals surface area contributed by atoms with E-state index in [9.17, 15) is 27.6 Å². The number of rotatable bonds is 8. The van der Waals surface area contributed by atoms with E-state index in [-0.39, 0.29) is 29.2 Å². The highest BCUT2D eigenvalue weighted by Gasteiger charge is 2.36. The van der Waals surface area contributed by atoms with Crippen molar-refractivity contribution >= 4 is 17.7 Å². The molecule has 0 bridgehead atoms. The number of benzene rings is 2. The summed E-state index contributed by atoms with van der Waals surface area (Å²) in [5, 5.41) is 2.90. The molecule has 1 N–H and O–H groups in total. The van der Waals surface area contributed by atoms with Crippen molar-refractivity contribution in [2.75, 3.05) is 33.3 Å². The number of hydrogen-bond acceptors (Lipinski definition) is 4. The van der Waals surface area contributed by atoms with Gasteiger partial charge in [0, 0.05) is 37.3 Å². The first-order chi connectivity index (χ1) is 17.6. The number of piperidine rings is 1. The van der Waals surface area contributed by atoms with E-state index in [4.69, 9.17) is 4.74 Å². The van der Waals surface area contributed by atoms with Gasteiger partial charge in [0.25, 0.3) is 11.8 Å². The number of likely N-dealkylation sites (N-methyl/N-ethyl adjacent to an activating group) is 1. The molecule has 10 heteroatoms. The average Bonchev–Trinajstić information content (AvgIpc) is 2.91. The van der Waals surface area contributed by atoms with Crippen molar-refractivity contribution < 1.29 is 32.3 Å². The second kappa shape index (κ2) is 12.1. The van der Waals surface area contributed by atoms with Crippen LogP contribution >= 0.6 is 0 Å². The van der Waals surface area contributed by atoms with Gasteiger partial charge in [-0.25, -0.2) is 0 Å². The minimum atomic E-state index is -4.47. The van der Waals surface area contributed by atoms with Crippen LogP contribution in [0.3, 0.4) is 0 Å². The minimum absolute atomic E-state index is 0.176. The molecule has 1 aliphatic rings.